The highest BCUT2D eigenvalue weighted by molar-refractivity contribution is 6.30. The Balaban J connectivity index is 1.76. The molecule has 18 heavy (non-hydrogen) atoms. The van der Waals surface area contributed by atoms with E-state index in [9.17, 15) is 0 Å². The van der Waals surface area contributed by atoms with Crippen LogP contribution in [0.2, 0.25) is 5.02 Å². The van der Waals surface area contributed by atoms with Crippen LogP contribution in [0.15, 0.2) is 29.8 Å². The molecule has 1 aromatic rings. The van der Waals surface area contributed by atoms with Crippen LogP contribution in [0.1, 0.15) is 18.9 Å². The number of ether oxygens (including phenoxy) is 1. The lowest BCUT2D eigenvalue weighted by Gasteiger charge is -2.21. The average Bonchev–Trinajstić information content (AvgIpc) is 2.99. The summed E-state index contributed by atoms with van der Waals surface area (Å²) in [7, 11) is 0. The van der Waals surface area contributed by atoms with Gasteiger partial charge in [0.1, 0.15) is 0 Å². The molecule has 1 aromatic carbocycles. The zero-order valence-electron chi connectivity index (χ0n) is 10.4. The van der Waals surface area contributed by atoms with Gasteiger partial charge in [-0.25, -0.2) is 0 Å². The van der Waals surface area contributed by atoms with E-state index < -0.39 is 0 Å². The highest BCUT2D eigenvalue weighted by atomic mass is 35.5. The summed E-state index contributed by atoms with van der Waals surface area (Å²) in [5.74, 6) is 0.957. The molecule has 96 valence electrons. The third-order valence-corrected chi connectivity index (χ3v) is 3.66. The molecule has 0 N–H and O–H groups in total. The number of halogens is 1. The van der Waals surface area contributed by atoms with Crippen LogP contribution in [0.4, 0.5) is 0 Å². The monoisotopic (exact) mass is 265 g/mol. The van der Waals surface area contributed by atoms with Gasteiger partial charge in [0.05, 0.1) is 19.2 Å². The molecule has 0 bridgehead atoms. The van der Waals surface area contributed by atoms with Gasteiger partial charge in [-0.05, 0) is 43.2 Å². The second-order valence-corrected chi connectivity index (χ2v) is 5.24. The van der Waals surface area contributed by atoms with Gasteiger partial charge in [0, 0.05) is 17.2 Å². The molecule has 0 spiro atoms. The van der Waals surface area contributed by atoms with Crippen LogP contribution in [-0.4, -0.2) is 30.9 Å². The molecule has 2 aliphatic heterocycles. The van der Waals surface area contributed by atoms with Gasteiger partial charge in [-0.1, -0.05) is 11.6 Å². The Morgan fingerprint density at radius 3 is 2.72 bits per heavy atom. The second-order valence-electron chi connectivity index (χ2n) is 4.80. The van der Waals surface area contributed by atoms with Gasteiger partial charge >= 0.3 is 0 Å². The normalized spacial score (nSPS) is 24.7. The van der Waals surface area contributed by atoms with E-state index in [0.29, 0.717) is 6.04 Å². The molecular weight excluding hydrogens is 250 g/mol. The van der Waals surface area contributed by atoms with Gasteiger partial charge in [-0.3, -0.25) is 0 Å². The fourth-order valence-corrected chi connectivity index (χ4v) is 2.51. The molecule has 0 saturated carbocycles. The minimum atomic E-state index is 0.379. The van der Waals surface area contributed by atoms with Crippen molar-refractivity contribution in [2.45, 2.75) is 19.4 Å². The summed E-state index contributed by atoms with van der Waals surface area (Å²) in [5, 5.41) is 2.78. The van der Waals surface area contributed by atoms with Gasteiger partial charge in [-0.2, -0.15) is 0 Å². The van der Waals surface area contributed by atoms with E-state index in [0.717, 1.165) is 42.5 Å². The molecule has 3 nitrogen and oxygen atoms in total. The molecule has 0 unspecified atom stereocenters. The maximum absolute atomic E-state index is 5.97. The quantitative estimate of drug-likeness (QED) is 0.820. The minimum Gasteiger partial charge on any atom is -0.405 e. The second kappa shape index (κ2) is 4.92. The largest absolute Gasteiger partial charge is 0.405 e. The Labute approximate surface area is 112 Å². The summed E-state index contributed by atoms with van der Waals surface area (Å²) < 4.78 is 5.40. The smallest absolute Gasteiger partial charge is 0.155 e. The Kier molecular flexibility index (Phi) is 3.29. The maximum Gasteiger partial charge on any atom is 0.155 e. The van der Waals surface area contributed by atoms with Gasteiger partial charge < -0.3 is 9.57 Å². The molecule has 0 aromatic heterocycles. The molecule has 4 heteroatoms. The number of nitrogens with zero attached hydrogens (tertiary/aromatic N) is 1. The number of hydroxylamine groups is 2. The topological polar surface area (TPSA) is 21.7 Å². The van der Waals surface area contributed by atoms with E-state index in [2.05, 4.69) is 6.92 Å². The summed E-state index contributed by atoms with van der Waals surface area (Å²) in [6.07, 6.45) is 1.04. The van der Waals surface area contributed by atoms with Crippen LogP contribution in [0.3, 0.4) is 0 Å². The van der Waals surface area contributed by atoms with Gasteiger partial charge in [0.2, 0.25) is 0 Å². The summed E-state index contributed by atoms with van der Waals surface area (Å²) in [6, 6.07) is 8.15. The van der Waals surface area contributed by atoms with Crippen molar-refractivity contribution in [1.82, 2.24) is 5.06 Å². The number of hydrogen-bond acceptors (Lipinski definition) is 3. The standard InChI is InChI=1S/C14H16ClNO2/c1-10-8-16(13-6-7-17-9-13)18-14(10)11-2-4-12(15)5-3-11/h2-5,13H,6-9H2,1H3/t13-/m0/s1. The fraction of sp³-hybridized carbons (Fsp3) is 0.429. The van der Waals surface area contributed by atoms with Crippen molar-refractivity contribution >= 4 is 17.4 Å². The van der Waals surface area contributed by atoms with Gasteiger partial charge in [0.25, 0.3) is 0 Å². The van der Waals surface area contributed by atoms with Crippen molar-refractivity contribution < 1.29 is 9.57 Å². The molecule has 0 radical (unpaired) electrons. The third kappa shape index (κ3) is 2.26. The maximum atomic E-state index is 5.97. The number of hydrogen-bond donors (Lipinski definition) is 0. The average molecular weight is 266 g/mol. The lowest BCUT2D eigenvalue weighted by atomic mass is 10.1. The molecule has 2 heterocycles. The third-order valence-electron chi connectivity index (χ3n) is 3.41. The Morgan fingerprint density at radius 1 is 1.28 bits per heavy atom. The van der Waals surface area contributed by atoms with Crippen molar-refractivity contribution in [3.8, 4) is 0 Å². The first-order chi connectivity index (χ1) is 8.74. The molecule has 0 amide bonds. The first-order valence-corrected chi connectivity index (χ1v) is 6.60. The fourth-order valence-electron chi connectivity index (χ4n) is 2.39. The van der Waals surface area contributed by atoms with Crippen molar-refractivity contribution in [3.05, 3.63) is 40.4 Å². The van der Waals surface area contributed by atoms with Crippen molar-refractivity contribution in [1.29, 1.82) is 0 Å². The Bertz CT molecular complexity index is 463. The van der Waals surface area contributed by atoms with E-state index in [1.807, 2.05) is 29.3 Å². The van der Waals surface area contributed by atoms with Crippen LogP contribution in [0.5, 0.6) is 0 Å². The van der Waals surface area contributed by atoms with Gasteiger partial charge in [0.15, 0.2) is 5.76 Å². The summed E-state index contributed by atoms with van der Waals surface area (Å²) in [5.41, 5.74) is 2.34. The minimum absolute atomic E-state index is 0.379. The first kappa shape index (κ1) is 12.0. The van der Waals surface area contributed by atoms with Crippen LogP contribution < -0.4 is 0 Å². The van der Waals surface area contributed by atoms with Crippen molar-refractivity contribution in [2.75, 3.05) is 19.8 Å². The summed E-state index contributed by atoms with van der Waals surface area (Å²) in [4.78, 5) is 5.97. The van der Waals surface area contributed by atoms with Crippen molar-refractivity contribution in [3.63, 3.8) is 0 Å². The molecule has 2 aliphatic rings. The highest BCUT2D eigenvalue weighted by Crippen LogP contribution is 2.31. The van der Waals surface area contributed by atoms with E-state index in [-0.39, 0.29) is 0 Å². The van der Waals surface area contributed by atoms with E-state index in [1.165, 1.54) is 5.57 Å². The molecule has 0 aliphatic carbocycles. The van der Waals surface area contributed by atoms with Crippen LogP contribution in [-0.2, 0) is 9.57 Å². The zero-order valence-corrected chi connectivity index (χ0v) is 11.1. The first-order valence-electron chi connectivity index (χ1n) is 6.22. The zero-order chi connectivity index (χ0) is 12.5. The van der Waals surface area contributed by atoms with E-state index in [1.54, 1.807) is 0 Å². The molecular formula is C14H16ClNO2. The Hall–Kier alpha value is -1.03. The van der Waals surface area contributed by atoms with Crippen LogP contribution >= 0.6 is 11.6 Å². The number of benzene rings is 1. The molecule has 1 saturated heterocycles. The summed E-state index contributed by atoms with van der Waals surface area (Å²) >= 11 is 5.90. The van der Waals surface area contributed by atoms with E-state index >= 15 is 0 Å². The van der Waals surface area contributed by atoms with Crippen LogP contribution in [0, 0.1) is 0 Å². The SMILES string of the molecule is CC1=C(c2ccc(Cl)cc2)ON([C@H]2CCOC2)C1. The highest BCUT2D eigenvalue weighted by Gasteiger charge is 2.31. The lowest BCUT2D eigenvalue weighted by molar-refractivity contribution is -0.0984. The predicted molar refractivity (Wildman–Crippen MR) is 71.1 cm³/mol. The Morgan fingerprint density at radius 2 is 2.06 bits per heavy atom. The molecule has 1 atom stereocenters. The molecule has 3 rings (SSSR count). The predicted octanol–water partition coefficient (Wildman–Crippen LogP) is 3.11. The van der Waals surface area contributed by atoms with Gasteiger partial charge in [-0.15, -0.1) is 5.06 Å². The van der Waals surface area contributed by atoms with Crippen molar-refractivity contribution in [2.24, 2.45) is 0 Å². The number of rotatable bonds is 2. The van der Waals surface area contributed by atoms with Crippen LogP contribution in [0.25, 0.3) is 5.76 Å². The van der Waals surface area contributed by atoms with E-state index in [4.69, 9.17) is 21.2 Å². The lowest BCUT2D eigenvalue weighted by Crippen LogP contribution is -2.32. The molecule has 1 fully saturated rings. The summed E-state index contributed by atoms with van der Waals surface area (Å²) in [6.45, 7) is 4.56.